The average molecular weight is 290 g/mol. The topological polar surface area (TPSA) is 98.4 Å². The van der Waals surface area contributed by atoms with Crippen LogP contribution >= 0.6 is 0 Å². The summed E-state index contributed by atoms with van der Waals surface area (Å²) in [5.41, 5.74) is 6.46. The number of nitrogens with two attached hydrogens (primary N) is 1. The Morgan fingerprint density at radius 1 is 1.52 bits per heavy atom. The van der Waals surface area contributed by atoms with Crippen molar-refractivity contribution in [3.8, 4) is 0 Å². The SMILES string of the molecule is C=CC(=O)N1CCOC(c2cncc(CCC(N)=O)n2)C1. The van der Waals surface area contributed by atoms with Gasteiger partial charge in [0.15, 0.2) is 0 Å². The lowest BCUT2D eigenvalue weighted by molar-refractivity contribution is -0.133. The Labute approximate surface area is 122 Å². The van der Waals surface area contributed by atoms with Crippen molar-refractivity contribution in [3.05, 3.63) is 36.4 Å². The zero-order chi connectivity index (χ0) is 15.2. The zero-order valence-electron chi connectivity index (χ0n) is 11.7. The third-order valence-electron chi connectivity index (χ3n) is 3.21. The number of carbonyl (C=O) groups excluding carboxylic acids is 2. The van der Waals surface area contributed by atoms with Gasteiger partial charge in [-0.3, -0.25) is 19.6 Å². The summed E-state index contributed by atoms with van der Waals surface area (Å²) in [6.45, 7) is 4.88. The number of morpholine rings is 1. The van der Waals surface area contributed by atoms with Gasteiger partial charge in [-0.25, -0.2) is 0 Å². The predicted molar refractivity (Wildman–Crippen MR) is 75.0 cm³/mol. The fourth-order valence-electron chi connectivity index (χ4n) is 2.11. The number of carbonyl (C=O) groups is 2. The van der Waals surface area contributed by atoms with Gasteiger partial charge in [-0.1, -0.05) is 6.58 Å². The summed E-state index contributed by atoms with van der Waals surface area (Å²) in [4.78, 5) is 32.7. The lowest BCUT2D eigenvalue weighted by Crippen LogP contribution is -2.41. The highest BCUT2D eigenvalue weighted by molar-refractivity contribution is 5.87. The Morgan fingerprint density at radius 3 is 3.05 bits per heavy atom. The number of nitrogens with zero attached hydrogens (tertiary/aromatic N) is 3. The molecule has 112 valence electrons. The van der Waals surface area contributed by atoms with Crippen molar-refractivity contribution < 1.29 is 14.3 Å². The molecule has 0 aliphatic carbocycles. The van der Waals surface area contributed by atoms with Crippen molar-refractivity contribution in [2.75, 3.05) is 19.7 Å². The maximum atomic E-state index is 11.7. The van der Waals surface area contributed by atoms with Crippen LogP contribution in [0.25, 0.3) is 0 Å². The monoisotopic (exact) mass is 290 g/mol. The van der Waals surface area contributed by atoms with Gasteiger partial charge in [-0.15, -0.1) is 0 Å². The van der Waals surface area contributed by atoms with Crippen molar-refractivity contribution >= 4 is 11.8 Å². The second kappa shape index (κ2) is 6.94. The largest absolute Gasteiger partial charge is 0.370 e. The highest BCUT2D eigenvalue weighted by atomic mass is 16.5. The Kier molecular flexibility index (Phi) is 4.99. The minimum atomic E-state index is -0.376. The van der Waals surface area contributed by atoms with E-state index in [1.165, 1.54) is 6.08 Å². The molecule has 1 saturated heterocycles. The Hall–Kier alpha value is -2.28. The highest BCUT2D eigenvalue weighted by Crippen LogP contribution is 2.20. The summed E-state index contributed by atoms with van der Waals surface area (Å²) < 4.78 is 5.65. The molecular formula is C14H18N4O3. The van der Waals surface area contributed by atoms with Crippen molar-refractivity contribution in [2.45, 2.75) is 18.9 Å². The van der Waals surface area contributed by atoms with Crippen LogP contribution in [0.1, 0.15) is 23.9 Å². The molecule has 0 spiro atoms. The molecule has 1 aromatic heterocycles. The van der Waals surface area contributed by atoms with Gasteiger partial charge in [-0.2, -0.15) is 0 Å². The first-order chi connectivity index (χ1) is 10.1. The molecule has 1 aliphatic rings. The summed E-state index contributed by atoms with van der Waals surface area (Å²) in [6.07, 6.45) is 4.85. The van der Waals surface area contributed by atoms with E-state index in [2.05, 4.69) is 16.5 Å². The van der Waals surface area contributed by atoms with E-state index in [4.69, 9.17) is 10.5 Å². The van der Waals surface area contributed by atoms with Crippen LogP contribution in [-0.2, 0) is 20.7 Å². The second-order valence-electron chi connectivity index (χ2n) is 4.75. The fourth-order valence-corrected chi connectivity index (χ4v) is 2.11. The fraction of sp³-hybridized carbons (Fsp3) is 0.429. The first-order valence-electron chi connectivity index (χ1n) is 6.72. The first-order valence-corrected chi connectivity index (χ1v) is 6.72. The van der Waals surface area contributed by atoms with Crippen LogP contribution in [0.5, 0.6) is 0 Å². The minimum Gasteiger partial charge on any atom is -0.370 e. The molecule has 7 heteroatoms. The van der Waals surface area contributed by atoms with E-state index in [9.17, 15) is 9.59 Å². The first kappa shape index (κ1) is 15.1. The number of ether oxygens (including phenoxy) is 1. The number of aromatic nitrogens is 2. The van der Waals surface area contributed by atoms with Gasteiger partial charge in [0, 0.05) is 19.2 Å². The quantitative estimate of drug-likeness (QED) is 0.768. The summed E-state index contributed by atoms with van der Waals surface area (Å²) in [6, 6.07) is 0. The molecule has 0 aromatic carbocycles. The van der Waals surface area contributed by atoms with E-state index in [0.29, 0.717) is 37.5 Å². The summed E-state index contributed by atoms with van der Waals surface area (Å²) in [5, 5.41) is 0. The summed E-state index contributed by atoms with van der Waals surface area (Å²) in [7, 11) is 0. The Bertz CT molecular complexity index is 547. The van der Waals surface area contributed by atoms with E-state index in [1.807, 2.05) is 0 Å². The molecular weight excluding hydrogens is 272 g/mol. The van der Waals surface area contributed by atoms with Crippen molar-refractivity contribution in [3.63, 3.8) is 0 Å². The maximum absolute atomic E-state index is 11.7. The second-order valence-corrected chi connectivity index (χ2v) is 4.75. The van der Waals surface area contributed by atoms with E-state index in [1.54, 1.807) is 17.3 Å². The minimum absolute atomic E-state index is 0.124. The van der Waals surface area contributed by atoms with Crippen LogP contribution in [0.15, 0.2) is 25.0 Å². The van der Waals surface area contributed by atoms with Crippen LogP contribution in [0.4, 0.5) is 0 Å². The van der Waals surface area contributed by atoms with E-state index in [-0.39, 0.29) is 24.3 Å². The van der Waals surface area contributed by atoms with E-state index >= 15 is 0 Å². The third kappa shape index (κ3) is 4.09. The molecule has 2 heterocycles. The van der Waals surface area contributed by atoms with Crippen LogP contribution in [0.3, 0.4) is 0 Å². The molecule has 1 unspecified atom stereocenters. The van der Waals surface area contributed by atoms with Crippen molar-refractivity contribution in [1.29, 1.82) is 0 Å². The number of aryl methyl sites for hydroxylation is 1. The molecule has 2 rings (SSSR count). The smallest absolute Gasteiger partial charge is 0.246 e. The van der Waals surface area contributed by atoms with Crippen LogP contribution in [0.2, 0.25) is 0 Å². The van der Waals surface area contributed by atoms with E-state index in [0.717, 1.165) is 0 Å². The molecule has 0 radical (unpaired) electrons. The van der Waals surface area contributed by atoms with Gasteiger partial charge in [0.25, 0.3) is 0 Å². The molecule has 1 fully saturated rings. The Morgan fingerprint density at radius 2 is 2.33 bits per heavy atom. The van der Waals surface area contributed by atoms with Gasteiger partial charge in [-0.05, 0) is 12.5 Å². The van der Waals surface area contributed by atoms with Crippen LogP contribution < -0.4 is 5.73 Å². The van der Waals surface area contributed by atoms with Gasteiger partial charge in [0.05, 0.1) is 30.7 Å². The highest BCUT2D eigenvalue weighted by Gasteiger charge is 2.25. The van der Waals surface area contributed by atoms with Crippen LogP contribution in [0, 0.1) is 0 Å². The molecule has 0 saturated carbocycles. The molecule has 1 aromatic rings. The normalized spacial score (nSPS) is 18.3. The average Bonchev–Trinajstić information content (AvgIpc) is 2.52. The molecule has 1 atom stereocenters. The standard InChI is InChI=1S/C14H18N4O3/c1-2-14(20)18-5-6-21-12(9-18)11-8-16-7-10(17-11)3-4-13(15)19/h2,7-8,12H,1,3-6,9H2,(H2,15,19). The van der Waals surface area contributed by atoms with Gasteiger partial charge in [0.1, 0.15) is 6.10 Å². The predicted octanol–water partition coefficient (Wildman–Crippen LogP) is -0.0196. The maximum Gasteiger partial charge on any atom is 0.246 e. The zero-order valence-corrected chi connectivity index (χ0v) is 11.7. The van der Waals surface area contributed by atoms with Gasteiger partial charge < -0.3 is 15.4 Å². The number of rotatable bonds is 5. The molecule has 21 heavy (non-hydrogen) atoms. The molecule has 2 N–H and O–H groups in total. The van der Waals surface area contributed by atoms with Crippen molar-refractivity contribution in [2.24, 2.45) is 5.73 Å². The molecule has 0 bridgehead atoms. The van der Waals surface area contributed by atoms with E-state index < -0.39 is 0 Å². The number of amides is 2. The Balaban J connectivity index is 2.06. The number of hydrogen-bond acceptors (Lipinski definition) is 5. The molecule has 1 aliphatic heterocycles. The number of primary amides is 1. The van der Waals surface area contributed by atoms with Crippen LogP contribution in [-0.4, -0.2) is 46.4 Å². The van der Waals surface area contributed by atoms with Gasteiger partial charge >= 0.3 is 0 Å². The van der Waals surface area contributed by atoms with Crippen molar-refractivity contribution in [1.82, 2.24) is 14.9 Å². The lowest BCUT2D eigenvalue weighted by Gasteiger charge is -2.31. The lowest BCUT2D eigenvalue weighted by atomic mass is 10.2. The summed E-state index contributed by atoms with van der Waals surface area (Å²) >= 11 is 0. The van der Waals surface area contributed by atoms with Gasteiger partial charge in [0.2, 0.25) is 11.8 Å². The summed E-state index contributed by atoms with van der Waals surface area (Å²) in [5.74, 6) is -0.500. The third-order valence-corrected chi connectivity index (χ3v) is 3.21. The molecule has 7 nitrogen and oxygen atoms in total. The molecule has 2 amide bonds. The number of hydrogen-bond donors (Lipinski definition) is 1.